The van der Waals surface area contributed by atoms with Gasteiger partial charge in [-0.3, -0.25) is 0 Å². The molecule has 4 rings (SSSR count). The molecule has 0 spiro atoms. The summed E-state index contributed by atoms with van der Waals surface area (Å²) in [6.45, 7) is 4.98. The molecule has 0 amide bonds. The Labute approximate surface area is 180 Å². The Hall–Kier alpha value is -2.25. The number of benzene rings is 2. The first-order valence-corrected chi connectivity index (χ1v) is 10.9. The summed E-state index contributed by atoms with van der Waals surface area (Å²) in [4.78, 5) is 0. The summed E-state index contributed by atoms with van der Waals surface area (Å²) >= 11 is 0. The summed E-state index contributed by atoms with van der Waals surface area (Å²) in [5.41, 5.74) is 1.38. The van der Waals surface area contributed by atoms with Crippen molar-refractivity contribution < 1.29 is 32.1 Å². The molecule has 1 fully saturated rings. The predicted molar refractivity (Wildman–Crippen MR) is 109 cm³/mol. The molecular formula is C24H27F3O4. The molecule has 0 saturated carbocycles. The van der Waals surface area contributed by atoms with E-state index < -0.39 is 17.5 Å². The van der Waals surface area contributed by atoms with E-state index in [2.05, 4.69) is 0 Å². The van der Waals surface area contributed by atoms with Crippen molar-refractivity contribution in [1.29, 1.82) is 0 Å². The first kappa shape index (κ1) is 22.0. The van der Waals surface area contributed by atoms with Crippen LogP contribution in [0.5, 0.6) is 17.2 Å². The average molecular weight is 436 g/mol. The SMILES string of the molecule is CCCCOc1cc2c(c(F)c1F)Oc1c(ccc(C3COC(CCC)OC3)c1F)C2. The monoisotopic (exact) mass is 436 g/mol. The molecule has 0 unspecified atom stereocenters. The topological polar surface area (TPSA) is 36.9 Å². The van der Waals surface area contributed by atoms with Crippen LogP contribution in [0.4, 0.5) is 13.2 Å². The van der Waals surface area contributed by atoms with Crippen molar-refractivity contribution in [1.82, 2.24) is 0 Å². The molecule has 0 radical (unpaired) electrons. The van der Waals surface area contributed by atoms with Crippen molar-refractivity contribution in [3.05, 3.63) is 52.3 Å². The molecule has 7 heteroatoms. The first-order chi connectivity index (χ1) is 15.0. The van der Waals surface area contributed by atoms with E-state index >= 15 is 4.39 Å². The third-order valence-corrected chi connectivity index (χ3v) is 5.69. The van der Waals surface area contributed by atoms with Gasteiger partial charge < -0.3 is 18.9 Å². The van der Waals surface area contributed by atoms with Gasteiger partial charge in [-0.05, 0) is 24.5 Å². The van der Waals surface area contributed by atoms with Crippen molar-refractivity contribution in [3.8, 4) is 17.2 Å². The lowest BCUT2D eigenvalue weighted by molar-refractivity contribution is -0.190. The minimum absolute atomic E-state index is 0.0707. The highest BCUT2D eigenvalue weighted by molar-refractivity contribution is 5.55. The van der Waals surface area contributed by atoms with Gasteiger partial charge in [0.1, 0.15) is 0 Å². The lowest BCUT2D eigenvalue weighted by Gasteiger charge is -2.30. The second-order valence-electron chi connectivity index (χ2n) is 8.01. The molecule has 0 aromatic heterocycles. The van der Waals surface area contributed by atoms with Crippen LogP contribution in [-0.4, -0.2) is 26.1 Å². The van der Waals surface area contributed by atoms with Crippen LogP contribution in [0.2, 0.25) is 0 Å². The second-order valence-corrected chi connectivity index (χ2v) is 8.01. The number of hydrogen-bond acceptors (Lipinski definition) is 4. The molecule has 0 atom stereocenters. The summed E-state index contributed by atoms with van der Waals surface area (Å²) in [6.07, 6.45) is 3.29. The largest absolute Gasteiger partial charge is 0.490 e. The predicted octanol–water partition coefficient (Wildman–Crippen LogP) is 6.24. The Kier molecular flexibility index (Phi) is 6.72. The van der Waals surface area contributed by atoms with Crippen LogP contribution in [0.25, 0.3) is 0 Å². The summed E-state index contributed by atoms with van der Waals surface area (Å²) in [5.74, 6) is -3.66. The molecule has 1 saturated heterocycles. The molecule has 0 N–H and O–H groups in total. The molecule has 2 aromatic carbocycles. The molecule has 31 heavy (non-hydrogen) atoms. The van der Waals surface area contributed by atoms with Crippen LogP contribution < -0.4 is 9.47 Å². The zero-order valence-corrected chi connectivity index (χ0v) is 17.8. The smallest absolute Gasteiger partial charge is 0.205 e. The zero-order chi connectivity index (χ0) is 22.0. The van der Waals surface area contributed by atoms with Crippen molar-refractivity contribution in [2.75, 3.05) is 19.8 Å². The van der Waals surface area contributed by atoms with Crippen molar-refractivity contribution in [2.45, 2.75) is 58.2 Å². The number of ether oxygens (including phenoxy) is 4. The molecule has 168 valence electrons. The average Bonchev–Trinajstić information content (AvgIpc) is 2.78. The number of halogens is 3. The van der Waals surface area contributed by atoms with Crippen LogP contribution in [0.3, 0.4) is 0 Å². The third-order valence-electron chi connectivity index (χ3n) is 5.69. The second kappa shape index (κ2) is 9.49. The Morgan fingerprint density at radius 1 is 0.935 bits per heavy atom. The lowest BCUT2D eigenvalue weighted by Crippen LogP contribution is -2.31. The van der Waals surface area contributed by atoms with Crippen LogP contribution in [-0.2, 0) is 15.9 Å². The van der Waals surface area contributed by atoms with Gasteiger partial charge in [0.2, 0.25) is 11.6 Å². The van der Waals surface area contributed by atoms with Gasteiger partial charge in [-0.2, -0.15) is 8.78 Å². The van der Waals surface area contributed by atoms with E-state index in [-0.39, 0.29) is 35.9 Å². The molecule has 2 aliphatic heterocycles. The van der Waals surface area contributed by atoms with Gasteiger partial charge in [-0.15, -0.1) is 0 Å². The standard InChI is InChI=1S/C24H27F3O4/c1-3-5-9-28-18-11-15-10-14-7-8-17(16-12-29-19(6-4-2)30-13-16)20(25)23(14)31-24(15)22(27)21(18)26/h7-8,11,16,19H,3-6,9-10,12-13H2,1-2H3. The Morgan fingerprint density at radius 2 is 1.68 bits per heavy atom. The van der Waals surface area contributed by atoms with Crippen LogP contribution in [0.1, 0.15) is 62.1 Å². The maximum Gasteiger partial charge on any atom is 0.205 e. The molecular weight excluding hydrogens is 409 g/mol. The van der Waals surface area contributed by atoms with Crippen molar-refractivity contribution >= 4 is 0 Å². The minimum Gasteiger partial charge on any atom is -0.490 e. The quantitative estimate of drug-likeness (QED) is 0.411. The Balaban J connectivity index is 1.57. The van der Waals surface area contributed by atoms with Gasteiger partial charge in [0.15, 0.2) is 29.4 Å². The maximum atomic E-state index is 15.3. The van der Waals surface area contributed by atoms with E-state index in [1.807, 2.05) is 13.8 Å². The van der Waals surface area contributed by atoms with E-state index in [4.69, 9.17) is 18.9 Å². The van der Waals surface area contributed by atoms with Crippen LogP contribution in [0, 0.1) is 17.5 Å². The van der Waals surface area contributed by atoms with Crippen molar-refractivity contribution in [3.63, 3.8) is 0 Å². The van der Waals surface area contributed by atoms with E-state index in [9.17, 15) is 8.78 Å². The fraction of sp³-hybridized carbons (Fsp3) is 0.500. The lowest BCUT2D eigenvalue weighted by atomic mass is 9.93. The van der Waals surface area contributed by atoms with Gasteiger partial charge in [-0.25, -0.2) is 4.39 Å². The van der Waals surface area contributed by atoms with Crippen LogP contribution in [0.15, 0.2) is 18.2 Å². The highest BCUT2D eigenvalue weighted by atomic mass is 19.2. The molecule has 2 aliphatic rings. The summed E-state index contributed by atoms with van der Waals surface area (Å²) in [6, 6.07) is 4.89. The fourth-order valence-electron chi connectivity index (χ4n) is 3.92. The number of fused-ring (bicyclic) bond motifs is 2. The third kappa shape index (κ3) is 4.39. The molecule has 2 heterocycles. The first-order valence-electron chi connectivity index (χ1n) is 10.9. The Bertz CT molecular complexity index is 939. The van der Waals surface area contributed by atoms with Gasteiger partial charge >= 0.3 is 0 Å². The molecule has 0 bridgehead atoms. The summed E-state index contributed by atoms with van der Waals surface area (Å²) < 4.78 is 66.8. The minimum atomic E-state index is -1.16. The number of unbranched alkanes of at least 4 members (excludes halogenated alkanes) is 1. The van der Waals surface area contributed by atoms with E-state index in [0.717, 1.165) is 25.7 Å². The van der Waals surface area contributed by atoms with Gasteiger partial charge in [0.25, 0.3) is 0 Å². The maximum absolute atomic E-state index is 15.3. The van der Waals surface area contributed by atoms with Gasteiger partial charge in [-0.1, -0.05) is 38.8 Å². The van der Waals surface area contributed by atoms with Gasteiger partial charge in [0.05, 0.1) is 19.8 Å². The van der Waals surface area contributed by atoms with E-state index in [0.29, 0.717) is 36.5 Å². The number of hydrogen-bond donors (Lipinski definition) is 0. The molecule has 2 aromatic rings. The summed E-state index contributed by atoms with van der Waals surface area (Å²) in [5, 5.41) is 0. The van der Waals surface area contributed by atoms with Gasteiger partial charge in [0, 0.05) is 23.5 Å². The van der Waals surface area contributed by atoms with E-state index in [1.54, 1.807) is 12.1 Å². The van der Waals surface area contributed by atoms with E-state index in [1.165, 1.54) is 6.07 Å². The fourth-order valence-corrected chi connectivity index (χ4v) is 3.92. The highest BCUT2D eigenvalue weighted by Gasteiger charge is 2.32. The van der Waals surface area contributed by atoms with Crippen molar-refractivity contribution in [2.24, 2.45) is 0 Å². The number of rotatable bonds is 7. The molecule has 0 aliphatic carbocycles. The Morgan fingerprint density at radius 3 is 2.39 bits per heavy atom. The summed E-state index contributed by atoms with van der Waals surface area (Å²) in [7, 11) is 0. The zero-order valence-electron chi connectivity index (χ0n) is 17.8. The normalized spacial score (nSPS) is 20.0. The molecule has 4 nitrogen and oxygen atoms in total. The highest BCUT2D eigenvalue weighted by Crippen LogP contribution is 2.44. The van der Waals surface area contributed by atoms with Crippen LogP contribution >= 0.6 is 0 Å².